The Balaban J connectivity index is 1.29. The Morgan fingerprint density at radius 2 is 0.760 bits per heavy atom. The largest absolute Gasteiger partial charge is 0.456 e. The smallest absolute Gasteiger partial charge is 0.136 e. The van der Waals surface area contributed by atoms with E-state index in [1.165, 1.54) is 0 Å². The van der Waals surface area contributed by atoms with Gasteiger partial charge in [-0.2, -0.15) is 0 Å². The maximum absolute atomic E-state index is 9.76. The van der Waals surface area contributed by atoms with Crippen molar-refractivity contribution < 1.29 is 47.2 Å². The van der Waals surface area contributed by atoms with Gasteiger partial charge in [0.25, 0.3) is 0 Å². The third kappa shape index (κ3) is 3.96. The van der Waals surface area contributed by atoms with E-state index in [1.807, 2.05) is 0 Å². The van der Waals surface area contributed by atoms with E-state index >= 15 is 0 Å². The predicted molar refractivity (Wildman–Crippen MR) is 210 cm³/mol. The fourth-order valence-electron chi connectivity index (χ4n) is 6.25. The minimum absolute atomic E-state index is 0.204. The monoisotopic (exact) mass is 664 g/mol. The molecule has 50 heavy (non-hydrogen) atoms. The zero-order chi connectivity index (χ0) is 57.1. The molecule has 0 fully saturated rings. The standard InChI is InChI=1S/C48H28O2/c1-2-10-29(11-3-1)45-35-12-4-6-14-37(35)46(38-15-7-5-13-36(38)45)34-21-20-30-26-31(18-19-32(30)27-34)33-22-23-40-44(28-33)50-43-25-24-42-47(48(40)43)39-16-8-9-17-41(39)49-42/h1-28H/i1D,2D,3D,4D,5D,6D,7D,8D,9D,10D,11D,12D,13D,14D,15D,16D,17D,18D,19D,20D,21D,22D,23D,24D,25D,26D,27D,28D. The molecule has 0 N–H and O–H groups in total. The van der Waals surface area contributed by atoms with Crippen LogP contribution in [0, 0.1) is 0 Å². The molecule has 0 spiro atoms. The Morgan fingerprint density at radius 3 is 1.42 bits per heavy atom. The summed E-state index contributed by atoms with van der Waals surface area (Å²) < 4.78 is 263. The van der Waals surface area contributed by atoms with Crippen molar-refractivity contribution in [3.05, 3.63) is 169 Å². The second-order valence-corrected chi connectivity index (χ2v) is 11.0. The van der Waals surface area contributed by atoms with Crippen molar-refractivity contribution in [1.29, 1.82) is 0 Å². The molecule has 0 aliphatic carbocycles. The third-order valence-electron chi connectivity index (χ3n) is 8.33. The second kappa shape index (κ2) is 10.4. The molecule has 0 unspecified atom stereocenters. The summed E-state index contributed by atoms with van der Waals surface area (Å²) in [4.78, 5) is 0. The highest BCUT2D eigenvalue weighted by Crippen LogP contribution is 2.45. The van der Waals surface area contributed by atoms with Crippen molar-refractivity contribution in [1.82, 2.24) is 0 Å². The van der Waals surface area contributed by atoms with Crippen molar-refractivity contribution in [3.63, 3.8) is 0 Å². The van der Waals surface area contributed by atoms with Gasteiger partial charge in [-0.1, -0.05) is 127 Å². The van der Waals surface area contributed by atoms with Crippen LogP contribution in [0.2, 0.25) is 0 Å². The van der Waals surface area contributed by atoms with Gasteiger partial charge in [-0.05, 0) is 108 Å². The van der Waals surface area contributed by atoms with Crippen LogP contribution in [0.25, 0.3) is 110 Å². The summed E-state index contributed by atoms with van der Waals surface area (Å²) in [6, 6.07) is -24.8. The SMILES string of the molecule is [2H]c1c([2H])c([2H])c(-c2c3c([2H])c([2H])c([2H])c([2H])c3c(-c3c([2H])c([2H])c4c([2H])c(-c5c([2H])c([2H])c6c(oc7c([2H])c([2H])c8oc9c([2H])c([2H])c([2H])c([2H])c9c8c76)c5[2H])c([2H])c([2H])c4c3[2H])c3c([2H])c([2H])c([2H])c([2H])c23)c([2H])c1[2H]. The lowest BCUT2D eigenvalue weighted by Crippen LogP contribution is -1.90. The molecule has 2 heteroatoms. The van der Waals surface area contributed by atoms with E-state index in [9.17, 15) is 17.8 Å². The molecule has 0 saturated carbocycles. The predicted octanol–water partition coefficient (Wildman–Crippen LogP) is 13.9. The Morgan fingerprint density at radius 1 is 0.300 bits per heavy atom. The Kier molecular flexibility index (Phi) is 2.45. The van der Waals surface area contributed by atoms with Crippen molar-refractivity contribution in [2.75, 3.05) is 0 Å². The first-order valence-electron chi connectivity index (χ1n) is 28.8. The van der Waals surface area contributed by atoms with Crippen LogP contribution >= 0.6 is 0 Å². The summed E-state index contributed by atoms with van der Waals surface area (Å²) in [7, 11) is 0. The van der Waals surface area contributed by atoms with Gasteiger partial charge in [-0.25, -0.2) is 0 Å². The maximum atomic E-state index is 9.76. The number of para-hydroxylation sites is 1. The van der Waals surface area contributed by atoms with Crippen molar-refractivity contribution >= 4 is 76.2 Å². The molecule has 0 amide bonds. The first-order valence-corrected chi connectivity index (χ1v) is 14.8. The minimum atomic E-state index is -1.06. The molecule has 232 valence electrons. The van der Waals surface area contributed by atoms with Crippen molar-refractivity contribution in [2.45, 2.75) is 0 Å². The van der Waals surface area contributed by atoms with Crippen LogP contribution in [-0.4, -0.2) is 0 Å². The molecule has 0 aliphatic heterocycles. The molecule has 11 rings (SSSR count). The summed E-state index contributed by atoms with van der Waals surface area (Å²) in [6.07, 6.45) is 0. The van der Waals surface area contributed by atoms with Gasteiger partial charge in [0.1, 0.15) is 22.3 Å². The van der Waals surface area contributed by atoms with Crippen LogP contribution < -0.4 is 0 Å². The lowest BCUT2D eigenvalue weighted by Gasteiger charge is -2.18. The molecule has 0 aliphatic rings. The average Bonchev–Trinajstić information content (AvgIpc) is 3.92. The number of benzene rings is 9. The van der Waals surface area contributed by atoms with E-state index in [0.29, 0.717) is 0 Å². The molecule has 11 aromatic rings. The zero-order valence-electron chi connectivity index (χ0n) is 52.8. The molecule has 0 saturated heterocycles. The van der Waals surface area contributed by atoms with E-state index in [-0.39, 0.29) is 21.5 Å². The second-order valence-electron chi connectivity index (χ2n) is 11.0. The van der Waals surface area contributed by atoms with E-state index in [1.54, 1.807) is 0 Å². The fraction of sp³-hybridized carbons (Fsp3) is 0. The first kappa shape index (κ1) is 11.8. The molecule has 0 radical (unpaired) electrons. The summed E-state index contributed by atoms with van der Waals surface area (Å²) in [5.41, 5.74) is -6.30. The number of rotatable bonds is 3. The van der Waals surface area contributed by atoms with Gasteiger partial charge in [-0.3, -0.25) is 0 Å². The third-order valence-corrected chi connectivity index (χ3v) is 8.33. The molecule has 0 atom stereocenters. The average molecular weight is 665 g/mol. The molecule has 2 aromatic heterocycles. The van der Waals surface area contributed by atoms with Crippen LogP contribution in [0.4, 0.5) is 0 Å². The van der Waals surface area contributed by atoms with Crippen molar-refractivity contribution in [3.8, 4) is 33.4 Å². The van der Waals surface area contributed by atoms with Crippen LogP contribution in [0.3, 0.4) is 0 Å². The number of hydrogen-bond acceptors (Lipinski definition) is 2. The van der Waals surface area contributed by atoms with Crippen molar-refractivity contribution in [2.24, 2.45) is 0 Å². The van der Waals surface area contributed by atoms with Gasteiger partial charge in [0.15, 0.2) is 0 Å². The lowest BCUT2D eigenvalue weighted by atomic mass is 9.85. The highest BCUT2D eigenvalue weighted by atomic mass is 16.3. The van der Waals surface area contributed by atoms with Crippen LogP contribution in [0.1, 0.15) is 38.4 Å². The summed E-state index contributed by atoms with van der Waals surface area (Å²) >= 11 is 0. The van der Waals surface area contributed by atoms with Gasteiger partial charge in [0.05, 0.1) is 38.4 Å². The Bertz CT molecular complexity index is 4660. The lowest BCUT2D eigenvalue weighted by molar-refractivity contribution is 0.663. The highest BCUT2D eigenvalue weighted by molar-refractivity contribution is 6.26. The molecule has 9 aromatic carbocycles. The van der Waals surface area contributed by atoms with E-state index < -0.39 is 257 Å². The first-order chi connectivity index (χ1) is 36.5. The van der Waals surface area contributed by atoms with Gasteiger partial charge in [0, 0.05) is 21.5 Å². The number of furan rings is 2. The topological polar surface area (TPSA) is 26.3 Å². The van der Waals surface area contributed by atoms with Gasteiger partial charge in [0.2, 0.25) is 0 Å². The van der Waals surface area contributed by atoms with Crippen LogP contribution in [-0.2, 0) is 0 Å². The highest BCUT2D eigenvalue weighted by Gasteiger charge is 2.18. The molecular weight excluding hydrogens is 609 g/mol. The summed E-state index contributed by atoms with van der Waals surface area (Å²) in [5.74, 6) is 0. The molecule has 2 heterocycles. The Hall–Kier alpha value is -6.64. The van der Waals surface area contributed by atoms with Crippen LogP contribution in [0.5, 0.6) is 0 Å². The van der Waals surface area contributed by atoms with E-state index in [2.05, 4.69) is 0 Å². The fourth-order valence-corrected chi connectivity index (χ4v) is 6.25. The maximum Gasteiger partial charge on any atom is 0.136 e. The van der Waals surface area contributed by atoms with Crippen LogP contribution in [0.15, 0.2) is 178 Å². The summed E-state index contributed by atoms with van der Waals surface area (Å²) in [6.45, 7) is 0. The van der Waals surface area contributed by atoms with Gasteiger partial charge in [-0.15, -0.1) is 0 Å². The summed E-state index contributed by atoms with van der Waals surface area (Å²) in [5, 5.41) is -5.38. The number of fused-ring (bicyclic) bond motifs is 10. The molecule has 0 bridgehead atoms. The van der Waals surface area contributed by atoms with E-state index in [4.69, 9.17) is 29.4 Å². The van der Waals surface area contributed by atoms with Gasteiger partial charge >= 0.3 is 0 Å². The Labute approximate surface area is 326 Å². The van der Waals surface area contributed by atoms with E-state index in [0.717, 1.165) is 0 Å². The minimum Gasteiger partial charge on any atom is -0.456 e. The molecule has 2 nitrogen and oxygen atoms in total. The normalized spacial score (nSPS) is 19.8. The quantitative estimate of drug-likeness (QED) is 0.176. The number of hydrogen-bond donors (Lipinski definition) is 0. The molecular formula is C48H28O2. The zero-order valence-corrected chi connectivity index (χ0v) is 24.8. The van der Waals surface area contributed by atoms with Gasteiger partial charge < -0.3 is 8.83 Å².